The maximum Gasteiger partial charge on any atom is 0.145 e. The Kier molecular flexibility index (Phi) is 2.34. The maximum absolute atomic E-state index is 5.87. The minimum atomic E-state index is 0.579. The van der Waals surface area contributed by atoms with Crippen LogP contribution in [0, 0.1) is 13.8 Å². The van der Waals surface area contributed by atoms with Crippen LogP contribution in [0.3, 0.4) is 0 Å². The lowest BCUT2D eigenvalue weighted by atomic mass is 10.2. The largest absolute Gasteiger partial charge is 0.383 e. The fraction of sp³-hybridized carbons (Fsp3) is 0.455. The Hall–Kier alpha value is -1.58. The van der Waals surface area contributed by atoms with Gasteiger partial charge in [0.1, 0.15) is 17.8 Å². The maximum atomic E-state index is 5.87. The van der Waals surface area contributed by atoms with Gasteiger partial charge in [0.25, 0.3) is 0 Å². The van der Waals surface area contributed by atoms with E-state index in [2.05, 4.69) is 35.3 Å². The first-order valence-corrected chi connectivity index (χ1v) is 5.22. The van der Waals surface area contributed by atoms with E-state index in [4.69, 9.17) is 5.73 Å². The summed E-state index contributed by atoms with van der Waals surface area (Å²) in [6.07, 6.45) is 2.62. The second kappa shape index (κ2) is 3.53. The molecule has 2 heterocycles. The van der Waals surface area contributed by atoms with Crippen LogP contribution >= 0.6 is 0 Å². The molecule has 2 rings (SSSR count). The lowest BCUT2D eigenvalue weighted by molar-refractivity contribution is 0.678. The average molecular weight is 204 g/mol. The first-order valence-electron chi connectivity index (χ1n) is 5.22. The van der Waals surface area contributed by atoms with Crippen LogP contribution in [0.4, 0.5) is 5.82 Å². The Labute approximate surface area is 89.1 Å². The predicted octanol–water partition coefficient (Wildman–Crippen LogP) is 2.04. The average Bonchev–Trinajstić information content (AvgIpc) is 2.45. The van der Waals surface area contributed by atoms with E-state index in [1.807, 2.05) is 0 Å². The molecular formula is C11H16N4. The number of fused-ring (bicyclic) bond motifs is 1. The lowest BCUT2D eigenvalue weighted by Gasteiger charge is -2.04. The fourth-order valence-electron chi connectivity index (χ4n) is 1.99. The molecule has 0 unspecified atom stereocenters. The molecule has 15 heavy (non-hydrogen) atoms. The number of hydrogen-bond donors (Lipinski definition) is 1. The number of aryl methyl sites for hydroxylation is 2. The first kappa shape index (κ1) is 9.96. The van der Waals surface area contributed by atoms with Gasteiger partial charge in [-0.2, -0.15) is 0 Å². The van der Waals surface area contributed by atoms with Crippen molar-refractivity contribution >= 4 is 16.9 Å². The highest BCUT2D eigenvalue weighted by Crippen LogP contribution is 2.26. The van der Waals surface area contributed by atoms with Gasteiger partial charge in [0.05, 0.1) is 5.39 Å². The van der Waals surface area contributed by atoms with Gasteiger partial charge in [-0.1, -0.05) is 6.92 Å². The van der Waals surface area contributed by atoms with Gasteiger partial charge in [-0.25, -0.2) is 9.97 Å². The zero-order valence-corrected chi connectivity index (χ0v) is 9.41. The smallest absolute Gasteiger partial charge is 0.145 e. The molecule has 2 aromatic rings. The third-order valence-corrected chi connectivity index (χ3v) is 2.88. The highest BCUT2D eigenvalue weighted by molar-refractivity contribution is 5.90. The van der Waals surface area contributed by atoms with Gasteiger partial charge >= 0.3 is 0 Å². The highest BCUT2D eigenvalue weighted by atomic mass is 15.1. The van der Waals surface area contributed by atoms with Crippen molar-refractivity contribution in [3.63, 3.8) is 0 Å². The predicted molar refractivity (Wildman–Crippen MR) is 61.7 cm³/mol. The van der Waals surface area contributed by atoms with Crippen molar-refractivity contribution in [3.8, 4) is 0 Å². The Morgan fingerprint density at radius 2 is 2.07 bits per heavy atom. The standard InChI is InChI=1S/C11H16N4/c1-4-5-15-8(3)7(2)9-10(12)13-6-14-11(9)15/h6H,4-5H2,1-3H3,(H2,12,13,14). The van der Waals surface area contributed by atoms with Crippen LogP contribution in [-0.4, -0.2) is 14.5 Å². The Bertz CT molecular complexity index is 499. The number of anilines is 1. The van der Waals surface area contributed by atoms with Crippen LogP contribution in [-0.2, 0) is 6.54 Å². The Balaban J connectivity index is 2.81. The number of nitrogen functional groups attached to an aromatic ring is 1. The minimum Gasteiger partial charge on any atom is -0.383 e. The molecule has 0 atom stereocenters. The van der Waals surface area contributed by atoms with Crippen molar-refractivity contribution in [1.29, 1.82) is 0 Å². The van der Waals surface area contributed by atoms with Gasteiger partial charge in [0.2, 0.25) is 0 Å². The molecule has 80 valence electrons. The van der Waals surface area contributed by atoms with Gasteiger partial charge in [-0.15, -0.1) is 0 Å². The minimum absolute atomic E-state index is 0.579. The lowest BCUT2D eigenvalue weighted by Crippen LogP contribution is -2.00. The van der Waals surface area contributed by atoms with E-state index in [-0.39, 0.29) is 0 Å². The number of aromatic nitrogens is 3. The number of nitrogens with two attached hydrogens (primary N) is 1. The second-order valence-corrected chi connectivity index (χ2v) is 3.82. The molecule has 0 saturated carbocycles. The van der Waals surface area contributed by atoms with E-state index >= 15 is 0 Å². The van der Waals surface area contributed by atoms with E-state index in [1.165, 1.54) is 17.6 Å². The summed E-state index contributed by atoms with van der Waals surface area (Å²) in [4.78, 5) is 8.35. The van der Waals surface area contributed by atoms with Crippen molar-refractivity contribution < 1.29 is 0 Å². The molecule has 0 aliphatic rings. The number of hydrogen-bond acceptors (Lipinski definition) is 3. The van der Waals surface area contributed by atoms with Gasteiger partial charge in [0.15, 0.2) is 0 Å². The SMILES string of the molecule is CCCn1c(C)c(C)c2c(N)ncnc21. The fourth-order valence-corrected chi connectivity index (χ4v) is 1.99. The topological polar surface area (TPSA) is 56.7 Å². The quantitative estimate of drug-likeness (QED) is 0.814. The van der Waals surface area contributed by atoms with E-state index in [1.54, 1.807) is 0 Å². The monoisotopic (exact) mass is 204 g/mol. The van der Waals surface area contributed by atoms with Crippen LogP contribution in [0.5, 0.6) is 0 Å². The normalized spacial score (nSPS) is 11.1. The third kappa shape index (κ3) is 1.37. The molecule has 0 fully saturated rings. The Morgan fingerprint density at radius 3 is 2.73 bits per heavy atom. The van der Waals surface area contributed by atoms with Gasteiger partial charge < -0.3 is 10.3 Å². The zero-order chi connectivity index (χ0) is 11.0. The summed E-state index contributed by atoms with van der Waals surface area (Å²) in [6, 6.07) is 0. The molecule has 0 amide bonds. The zero-order valence-electron chi connectivity index (χ0n) is 9.41. The van der Waals surface area contributed by atoms with E-state index < -0.39 is 0 Å². The van der Waals surface area contributed by atoms with Crippen LogP contribution in [0.15, 0.2) is 6.33 Å². The summed E-state index contributed by atoms with van der Waals surface area (Å²) in [5.41, 5.74) is 9.26. The second-order valence-electron chi connectivity index (χ2n) is 3.82. The van der Waals surface area contributed by atoms with Crippen molar-refractivity contribution in [3.05, 3.63) is 17.6 Å². The van der Waals surface area contributed by atoms with Crippen molar-refractivity contribution in [1.82, 2.24) is 14.5 Å². The Morgan fingerprint density at radius 1 is 1.33 bits per heavy atom. The van der Waals surface area contributed by atoms with Crippen molar-refractivity contribution in [2.45, 2.75) is 33.7 Å². The number of nitrogens with zero attached hydrogens (tertiary/aromatic N) is 3. The summed E-state index contributed by atoms with van der Waals surface area (Å²) < 4.78 is 2.21. The molecule has 0 aliphatic carbocycles. The molecule has 0 spiro atoms. The molecule has 4 nitrogen and oxygen atoms in total. The van der Waals surface area contributed by atoms with E-state index in [0.717, 1.165) is 24.0 Å². The summed E-state index contributed by atoms with van der Waals surface area (Å²) in [5.74, 6) is 0.579. The molecule has 2 aromatic heterocycles. The van der Waals surface area contributed by atoms with Crippen LogP contribution in [0.25, 0.3) is 11.0 Å². The van der Waals surface area contributed by atoms with Gasteiger partial charge in [0, 0.05) is 12.2 Å². The van der Waals surface area contributed by atoms with Crippen LogP contribution in [0.2, 0.25) is 0 Å². The molecule has 2 N–H and O–H groups in total. The molecule has 0 aromatic carbocycles. The molecular weight excluding hydrogens is 188 g/mol. The van der Waals surface area contributed by atoms with Crippen molar-refractivity contribution in [2.75, 3.05) is 5.73 Å². The van der Waals surface area contributed by atoms with Gasteiger partial charge in [-0.3, -0.25) is 0 Å². The van der Waals surface area contributed by atoms with Crippen molar-refractivity contribution in [2.24, 2.45) is 0 Å². The molecule has 0 aliphatic heterocycles. The highest BCUT2D eigenvalue weighted by Gasteiger charge is 2.13. The summed E-state index contributed by atoms with van der Waals surface area (Å²) in [5, 5.41) is 1.00. The number of rotatable bonds is 2. The molecule has 4 heteroatoms. The van der Waals surface area contributed by atoms with E-state index in [0.29, 0.717) is 5.82 Å². The molecule has 0 bridgehead atoms. The van der Waals surface area contributed by atoms with Gasteiger partial charge in [-0.05, 0) is 25.8 Å². The summed E-state index contributed by atoms with van der Waals surface area (Å²) in [6.45, 7) is 7.31. The third-order valence-electron chi connectivity index (χ3n) is 2.88. The van der Waals surface area contributed by atoms with E-state index in [9.17, 15) is 0 Å². The summed E-state index contributed by atoms with van der Waals surface area (Å²) in [7, 11) is 0. The van der Waals surface area contributed by atoms with Crippen LogP contribution < -0.4 is 5.73 Å². The summed E-state index contributed by atoms with van der Waals surface area (Å²) >= 11 is 0. The first-order chi connectivity index (χ1) is 7.16. The molecule has 0 radical (unpaired) electrons. The molecule has 0 saturated heterocycles. The van der Waals surface area contributed by atoms with Crippen LogP contribution in [0.1, 0.15) is 24.6 Å².